The van der Waals surface area contributed by atoms with Gasteiger partial charge in [0.1, 0.15) is 5.01 Å². The minimum Gasteiger partial charge on any atom is -0.310 e. The second kappa shape index (κ2) is 12.0. The molecule has 3 heteroatoms. The zero-order valence-corrected chi connectivity index (χ0v) is 26.9. The number of rotatable bonds is 6. The molecule has 226 valence electrons. The van der Waals surface area contributed by atoms with E-state index in [2.05, 4.69) is 187 Å². The SMILES string of the molecule is c1ccc(-c2ccc(N(c3ccc(-c4ccccc4)cc3)c3ccc4c(ccc5ccc6nc(-c7ccccc7)sc6c54)c3)cc2)cc1. The highest BCUT2D eigenvalue weighted by Gasteiger charge is 2.16. The van der Waals surface area contributed by atoms with Crippen molar-refractivity contribution >= 4 is 60.2 Å². The van der Waals surface area contributed by atoms with Crippen LogP contribution in [0.2, 0.25) is 0 Å². The van der Waals surface area contributed by atoms with Crippen LogP contribution in [0.15, 0.2) is 182 Å². The van der Waals surface area contributed by atoms with Gasteiger partial charge in [0.2, 0.25) is 0 Å². The molecule has 0 saturated carbocycles. The molecule has 2 nitrogen and oxygen atoms in total. The Morgan fingerprint density at radius 3 is 1.46 bits per heavy atom. The van der Waals surface area contributed by atoms with Crippen LogP contribution in [0.25, 0.3) is 64.6 Å². The average molecular weight is 631 g/mol. The van der Waals surface area contributed by atoms with Gasteiger partial charge >= 0.3 is 0 Å². The van der Waals surface area contributed by atoms with Crippen LogP contribution in [0.3, 0.4) is 0 Å². The van der Waals surface area contributed by atoms with Crippen molar-refractivity contribution in [2.24, 2.45) is 0 Å². The van der Waals surface area contributed by atoms with E-state index in [4.69, 9.17) is 4.98 Å². The Kier molecular flexibility index (Phi) is 7.03. The number of hydrogen-bond donors (Lipinski definition) is 0. The van der Waals surface area contributed by atoms with Crippen molar-refractivity contribution in [1.29, 1.82) is 0 Å². The van der Waals surface area contributed by atoms with Gasteiger partial charge in [-0.15, -0.1) is 11.3 Å². The lowest BCUT2D eigenvalue weighted by Crippen LogP contribution is -2.09. The van der Waals surface area contributed by atoms with Gasteiger partial charge in [-0.25, -0.2) is 4.98 Å². The highest BCUT2D eigenvalue weighted by atomic mass is 32.1. The summed E-state index contributed by atoms with van der Waals surface area (Å²) in [4.78, 5) is 7.39. The van der Waals surface area contributed by atoms with E-state index in [1.807, 2.05) is 0 Å². The first-order chi connectivity index (χ1) is 23.8. The predicted molar refractivity (Wildman–Crippen MR) is 206 cm³/mol. The Bertz CT molecular complexity index is 2440. The first kappa shape index (κ1) is 28.2. The molecule has 0 amide bonds. The zero-order chi connectivity index (χ0) is 31.9. The number of nitrogens with zero attached hydrogens (tertiary/aromatic N) is 2. The van der Waals surface area contributed by atoms with Crippen LogP contribution in [-0.2, 0) is 0 Å². The van der Waals surface area contributed by atoms with E-state index < -0.39 is 0 Å². The summed E-state index contributed by atoms with van der Waals surface area (Å²) in [6, 6.07) is 65.1. The fraction of sp³-hybridized carbons (Fsp3) is 0. The maximum absolute atomic E-state index is 5.03. The monoisotopic (exact) mass is 630 g/mol. The third-order valence-corrected chi connectivity index (χ3v) is 10.2. The van der Waals surface area contributed by atoms with Gasteiger partial charge in [0.25, 0.3) is 0 Å². The number of aromatic nitrogens is 1. The van der Waals surface area contributed by atoms with Crippen molar-refractivity contribution in [1.82, 2.24) is 4.98 Å². The van der Waals surface area contributed by atoms with E-state index in [0.29, 0.717) is 0 Å². The van der Waals surface area contributed by atoms with Gasteiger partial charge in [-0.3, -0.25) is 0 Å². The molecule has 9 rings (SSSR count). The van der Waals surface area contributed by atoms with E-state index in [1.54, 1.807) is 11.3 Å². The maximum Gasteiger partial charge on any atom is 0.124 e. The summed E-state index contributed by atoms with van der Waals surface area (Å²) in [5.41, 5.74) is 10.4. The molecule has 48 heavy (non-hydrogen) atoms. The number of fused-ring (bicyclic) bond motifs is 5. The molecule has 0 N–H and O–H groups in total. The molecule has 0 fully saturated rings. The third-order valence-electron chi connectivity index (χ3n) is 9.08. The van der Waals surface area contributed by atoms with Gasteiger partial charge in [0, 0.05) is 28.0 Å². The predicted octanol–water partition coefficient (Wildman–Crippen LogP) is 13.1. The molecular formula is C45H30N2S. The molecular weight excluding hydrogens is 601 g/mol. The van der Waals surface area contributed by atoms with Crippen LogP contribution in [-0.4, -0.2) is 4.98 Å². The number of anilines is 3. The summed E-state index contributed by atoms with van der Waals surface area (Å²) < 4.78 is 1.23. The Balaban J connectivity index is 1.18. The van der Waals surface area contributed by atoms with E-state index in [1.165, 1.54) is 48.5 Å². The number of thiazole rings is 1. The Morgan fingerprint density at radius 2 is 0.875 bits per heavy atom. The van der Waals surface area contributed by atoms with Crippen LogP contribution in [0.5, 0.6) is 0 Å². The van der Waals surface area contributed by atoms with E-state index in [0.717, 1.165) is 33.1 Å². The van der Waals surface area contributed by atoms with Crippen molar-refractivity contribution in [3.8, 4) is 32.8 Å². The lowest BCUT2D eigenvalue weighted by Gasteiger charge is -2.26. The summed E-state index contributed by atoms with van der Waals surface area (Å²) in [5, 5.41) is 5.99. The topological polar surface area (TPSA) is 16.1 Å². The third kappa shape index (κ3) is 5.11. The molecule has 8 aromatic carbocycles. The molecule has 9 aromatic rings. The molecule has 0 bridgehead atoms. The minimum atomic E-state index is 1.04. The second-order valence-corrected chi connectivity index (χ2v) is 13.0. The number of hydrogen-bond acceptors (Lipinski definition) is 3. The Hall–Kier alpha value is -6.03. The van der Waals surface area contributed by atoms with Gasteiger partial charge in [0.15, 0.2) is 0 Å². The highest BCUT2D eigenvalue weighted by molar-refractivity contribution is 7.22. The minimum absolute atomic E-state index is 1.04. The second-order valence-electron chi connectivity index (χ2n) is 12.0. The lowest BCUT2D eigenvalue weighted by molar-refractivity contribution is 1.29. The average Bonchev–Trinajstić information content (AvgIpc) is 3.61. The summed E-state index contributed by atoms with van der Waals surface area (Å²) in [6.45, 7) is 0. The molecule has 0 radical (unpaired) electrons. The molecule has 1 aromatic heterocycles. The van der Waals surface area contributed by atoms with Crippen LogP contribution in [0.1, 0.15) is 0 Å². The lowest BCUT2D eigenvalue weighted by atomic mass is 10.00. The van der Waals surface area contributed by atoms with E-state index in [-0.39, 0.29) is 0 Å². The normalized spacial score (nSPS) is 11.3. The molecule has 0 spiro atoms. The van der Waals surface area contributed by atoms with E-state index in [9.17, 15) is 0 Å². The molecule has 0 unspecified atom stereocenters. The molecule has 0 atom stereocenters. The fourth-order valence-corrected chi connectivity index (χ4v) is 7.82. The van der Waals surface area contributed by atoms with Gasteiger partial charge in [-0.1, -0.05) is 140 Å². The zero-order valence-electron chi connectivity index (χ0n) is 26.1. The van der Waals surface area contributed by atoms with Crippen molar-refractivity contribution in [3.05, 3.63) is 182 Å². The smallest absolute Gasteiger partial charge is 0.124 e. The highest BCUT2D eigenvalue weighted by Crippen LogP contribution is 2.42. The van der Waals surface area contributed by atoms with Crippen LogP contribution in [0.4, 0.5) is 17.1 Å². The largest absolute Gasteiger partial charge is 0.310 e. The molecule has 0 saturated heterocycles. The first-order valence-corrected chi connectivity index (χ1v) is 17.0. The number of benzene rings is 8. The molecule has 0 aliphatic heterocycles. The Labute approximate surface area is 283 Å². The summed E-state index contributed by atoms with van der Waals surface area (Å²) in [6.07, 6.45) is 0. The summed E-state index contributed by atoms with van der Waals surface area (Å²) in [7, 11) is 0. The quantitative estimate of drug-likeness (QED) is 0.170. The van der Waals surface area contributed by atoms with Crippen LogP contribution >= 0.6 is 11.3 Å². The standard InChI is InChI=1S/C45H30N2S/c1-4-10-31(11-5-1)33-18-23-38(24-19-33)47(39-25-20-34(21-26-39)32-12-6-2-7-13-32)40-27-28-41-37(30-40)17-16-35-22-29-42-44(43(35)41)48-45(46-42)36-14-8-3-9-15-36/h1-30H. The van der Waals surface area contributed by atoms with Crippen molar-refractivity contribution in [3.63, 3.8) is 0 Å². The first-order valence-electron chi connectivity index (χ1n) is 16.2. The van der Waals surface area contributed by atoms with Gasteiger partial charge in [0.05, 0.1) is 10.2 Å². The molecule has 0 aliphatic rings. The summed E-state index contributed by atoms with van der Waals surface area (Å²) >= 11 is 1.78. The maximum atomic E-state index is 5.03. The van der Waals surface area contributed by atoms with Gasteiger partial charge < -0.3 is 4.90 Å². The summed E-state index contributed by atoms with van der Waals surface area (Å²) in [5.74, 6) is 0. The van der Waals surface area contributed by atoms with Crippen LogP contribution in [0, 0.1) is 0 Å². The van der Waals surface area contributed by atoms with E-state index >= 15 is 0 Å². The van der Waals surface area contributed by atoms with Gasteiger partial charge in [-0.2, -0.15) is 0 Å². The van der Waals surface area contributed by atoms with Crippen molar-refractivity contribution in [2.75, 3.05) is 4.90 Å². The van der Waals surface area contributed by atoms with Crippen LogP contribution < -0.4 is 4.90 Å². The molecule has 1 heterocycles. The van der Waals surface area contributed by atoms with Crippen molar-refractivity contribution in [2.45, 2.75) is 0 Å². The van der Waals surface area contributed by atoms with Crippen molar-refractivity contribution < 1.29 is 0 Å². The fourth-order valence-electron chi connectivity index (χ4n) is 6.68. The Morgan fingerprint density at radius 1 is 0.396 bits per heavy atom. The van der Waals surface area contributed by atoms with Gasteiger partial charge in [-0.05, 0) is 80.9 Å². The molecule has 0 aliphatic carbocycles.